The molecule has 1 aromatic heterocycles. The highest BCUT2D eigenvalue weighted by Gasteiger charge is 2.25. The standard InChI is InChI=1S/C13H20N2O2S/c1-3-9-6-4-5-7-10(9)14-13-15-11(12(16)17)8(2)18-13/h9-10H,3-7H2,1-2H3,(H,14,15)(H,16,17). The highest BCUT2D eigenvalue weighted by atomic mass is 32.1. The first-order valence-electron chi connectivity index (χ1n) is 6.59. The molecule has 0 amide bonds. The van der Waals surface area contributed by atoms with Gasteiger partial charge in [0.1, 0.15) is 0 Å². The van der Waals surface area contributed by atoms with Crippen LogP contribution >= 0.6 is 11.3 Å². The van der Waals surface area contributed by atoms with Crippen LogP contribution in [0.5, 0.6) is 0 Å². The third-order valence-corrected chi connectivity index (χ3v) is 4.64. The summed E-state index contributed by atoms with van der Waals surface area (Å²) in [5.74, 6) is -0.247. The molecular weight excluding hydrogens is 248 g/mol. The largest absolute Gasteiger partial charge is 0.476 e. The van der Waals surface area contributed by atoms with Crippen molar-refractivity contribution in [2.75, 3.05) is 5.32 Å². The number of nitrogens with one attached hydrogen (secondary N) is 1. The molecule has 0 aromatic carbocycles. The van der Waals surface area contributed by atoms with Gasteiger partial charge in [0.25, 0.3) is 0 Å². The molecule has 2 rings (SSSR count). The second-order valence-electron chi connectivity index (χ2n) is 4.93. The van der Waals surface area contributed by atoms with Crippen molar-refractivity contribution >= 4 is 22.4 Å². The van der Waals surface area contributed by atoms with E-state index in [1.807, 2.05) is 6.92 Å². The molecule has 0 aliphatic heterocycles. The van der Waals surface area contributed by atoms with Crippen LogP contribution in [0.15, 0.2) is 0 Å². The van der Waals surface area contributed by atoms with E-state index in [-0.39, 0.29) is 5.69 Å². The van der Waals surface area contributed by atoms with Crippen LogP contribution in [0.1, 0.15) is 54.4 Å². The minimum absolute atomic E-state index is 0.186. The van der Waals surface area contributed by atoms with Crippen molar-refractivity contribution in [2.24, 2.45) is 5.92 Å². The summed E-state index contributed by atoms with van der Waals surface area (Å²) < 4.78 is 0. The van der Waals surface area contributed by atoms with Crippen LogP contribution in [0, 0.1) is 12.8 Å². The van der Waals surface area contributed by atoms with Crippen molar-refractivity contribution in [2.45, 2.75) is 52.0 Å². The van der Waals surface area contributed by atoms with Crippen LogP contribution in [-0.2, 0) is 0 Å². The van der Waals surface area contributed by atoms with Gasteiger partial charge in [0.05, 0.1) is 0 Å². The number of carbonyl (C=O) groups is 1. The molecule has 2 atom stereocenters. The number of thiazole rings is 1. The number of carboxylic acid groups (broad SMARTS) is 1. The summed E-state index contributed by atoms with van der Waals surface area (Å²) >= 11 is 1.45. The van der Waals surface area contributed by atoms with Crippen LogP contribution in [0.25, 0.3) is 0 Å². The molecule has 0 saturated heterocycles. The topological polar surface area (TPSA) is 62.2 Å². The Bertz CT molecular complexity index is 431. The van der Waals surface area contributed by atoms with Crippen molar-refractivity contribution in [3.05, 3.63) is 10.6 Å². The van der Waals surface area contributed by atoms with Gasteiger partial charge < -0.3 is 10.4 Å². The zero-order valence-corrected chi connectivity index (χ0v) is 11.7. The van der Waals surface area contributed by atoms with E-state index >= 15 is 0 Å². The van der Waals surface area contributed by atoms with Crippen LogP contribution < -0.4 is 5.32 Å². The highest BCUT2D eigenvalue weighted by Crippen LogP contribution is 2.31. The van der Waals surface area contributed by atoms with Gasteiger partial charge >= 0.3 is 5.97 Å². The predicted octanol–water partition coefficient (Wildman–Crippen LogP) is 3.53. The van der Waals surface area contributed by atoms with Gasteiger partial charge in [0, 0.05) is 10.9 Å². The summed E-state index contributed by atoms with van der Waals surface area (Å²) in [6.07, 6.45) is 6.18. The molecule has 1 fully saturated rings. The SMILES string of the molecule is CCC1CCCCC1Nc1nc(C(=O)O)c(C)s1. The molecule has 0 spiro atoms. The lowest BCUT2D eigenvalue weighted by Crippen LogP contribution is -2.31. The highest BCUT2D eigenvalue weighted by molar-refractivity contribution is 7.15. The minimum Gasteiger partial charge on any atom is -0.476 e. The number of rotatable bonds is 4. The smallest absolute Gasteiger partial charge is 0.355 e. The summed E-state index contributed by atoms with van der Waals surface area (Å²) in [4.78, 5) is 15.9. The quantitative estimate of drug-likeness (QED) is 0.877. The number of aromatic carboxylic acids is 1. The van der Waals surface area contributed by atoms with E-state index in [2.05, 4.69) is 17.2 Å². The molecule has 1 saturated carbocycles. The fraction of sp³-hybridized carbons (Fsp3) is 0.692. The monoisotopic (exact) mass is 268 g/mol. The van der Waals surface area contributed by atoms with Gasteiger partial charge in [0.15, 0.2) is 10.8 Å². The van der Waals surface area contributed by atoms with Gasteiger partial charge in [-0.15, -0.1) is 11.3 Å². The normalized spacial score (nSPS) is 23.9. The second-order valence-corrected chi connectivity index (χ2v) is 6.14. The Balaban J connectivity index is 2.08. The molecule has 0 radical (unpaired) electrons. The van der Waals surface area contributed by atoms with Gasteiger partial charge in [-0.25, -0.2) is 9.78 Å². The summed E-state index contributed by atoms with van der Waals surface area (Å²) in [5, 5.41) is 13.2. The lowest BCUT2D eigenvalue weighted by atomic mass is 9.83. The van der Waals surface area contributed by atoms with E-state index in [1.165, 1.54) is 43.4 Å². The molecule has 5 heteroatoms. The van der Waals surface area contributed by atoms with Crippen molar-refractivity contribution in [1.29, 1.82) is 0 Å². The Kier molecular flexibility index (Phi) is 4.22. The number of hydrogen-bond acceptors (Lipinski definition) is 4. The molecular formula is C13H20N2O2S. The van der Waals surface area contributed by atoms with E-state index in [0.29, 0.717) is 12.0 Å². The first-order valence-corrected chi connectivity index (χ1v) is 7.40. The fourth-order valence-corrected chi connectivity index (χ4v) is 3.57. The maximum absolute atomic E-state index is 11.0. The number of aromatic nitrogens is 1. The van der Waals surface area contributed by atoms with Crippen LogP contribution in [0.3, 0.4) is 0 Å². The molecule has 2 N–H and O–H groups in total. The average Bonchev–Trinajstić information content (AvgIpc) is 2.71. The molecule has 1 aliphatic rings. The van der Waals surface area contributed by atoms with Gasteiger partial charge in [-0.2, -0.15) is 0 Å². The summed E-state index contributed by atoms with van der Waals surface area (Å²) in [6.45, 7) is 4.03. The Morgan fingerprint density at radius 2 is 2.22 bits per heavy atom. The van der Waals surface area contributed by atoms with Crippen LogP contribution in [0.4, 0.5) is 5.13 Å². The molecule has 1 aromatic rings. The van der Waals surface area contributed by atoms with E-state index in [9.17, 15) is 4.79 Å². The first kappa shape index (κ1) is 13.3. The maximum atomic E-state index is 11.0. The van der Waals surface area contributed by atoms with Crippen molar-refractivity contribution in [3.8, 4) is 0 Å². The first-order chi connectivity index (χ1) is 8.61. The minimum atomic E-state index is -0.938. The molecule has 2 unspecified atom stereocenters. The zero-order chi connectivity index (χ0) is 13.1. The molecule has 1 aliphatic carbocycles. The number of anilines is 1. The van der Waals surface area contributed by atoms with Gasteiger partial charge in [-0.05, 0) is 25.7 Å². The van der Waals surface area contributed by atoms with Crippen molar-refractivity contribution in [3.63, 3.8) is 0 Å². The number of carboxylic acids is 1. The second kappa shape index (κ2) is 5.69. The molecule has 100 valence electrons. The Morgan fingerprint density at radius 1 is 1.50 bits per heavy atom. The van der Waals surface area contributed by atoms with Crippen LogP contribution in [0.2, 0.25) is 0 Å². The van der Waals surface area contributed by atoms with E-state index in [1.54, 1.807) is 0 Å². The lowest BCUT2D eigenvalue weighted by Gasteiger charge is -2.31. The van der Waals surface area contributed by atoms with Gasteiger partial charge in [0.2, 0.25) is 0 Å². The lowest BCUT2D eigenvalue weighted by molar-refractivity contribution is 0.0690. The van der Waals surface area contributed by atoms with Crippen molar-refractivity contribution in [1.82, 2.24) is 4.98 Å². The molecule has 4 nitrogen and oxygen atoms in total. The fourth-order valence-electron chi connectivity index (χ4n) is 2.70. The molecule has 1 heterocycles. The van der Waals surface area contributed by atoms with Gasteiger partial charge in [-0.1, -0.05) is 26.2 Å². The van der Waals surface area contributed by atoms with E-state index in [4.69, 9.17) is 5.11 Å². The third kappa shape index (κ3) is 2.83. The number of aryl methyl sites for hydroxylation is 1. The maximum Gasteiger partial charge on any atom is 0.355 e. The van der Waals surface area contributed by atoms with Crippen molar-refractivity contribution < 1.29 is 9.90 Å². The molecule has 0 bridgehead atoms. The Labute approximate surface area is 111 Å². The van der Waals surface area contributed by atoms with E-state index in [0.717, 1.165) is 10.0 Å². The average molecular weight is 268 g/mol. The predicted molar refractivity (Wildman–Crippen MR) is 73.5 cm³/mol. The number of nitrogens with zero attached hydrogens (tertiary/aromatic N) is 1. The summed E-state index contributed by atoms with van der Waals surface area (Å²) in [6, 6.07) is 0.455. The third-order valence-electron chi connectivity index (χ3n) is 3.74. The number of hydrogen-bond donors (Lipinski definition) is 2. The Hall–Kier alpha value is -1.10. The van der Waals surface area contributed by atoms with Gasteiger partial charge in [-0.3, -0.25) is 0 Å². The Morgan fingerprint density at radius 3 is 2.83 bits per heavy atom. The van der Waals surface area contributed by atoms with E-state index < -0.39 is 5.97 Å². The zero-order valence-electron chi connectivity index (χ0n) is 10.9. The summed E-state index contributed by atoms with van der Waals surface area (Å²) in [5.41, 5.74) is 0.186. The summed E-state index contributed by atoms with van der Waals surface area (Å²) in [7, 11) is 0. The van der Waals surface area contributed by atoms with Crippen LogP contribution in [-0.4, -0.2) is 22.1 Å². The molecule has 18 heavy (non-hydrogen) atoms.